The van der Waals surface area contributed by atoms with E-state index < -0.39 is 0 Å². The fourth-order valence-electron chi connectivity index (χ4n) is 2.72. The molecule has 118 valence electrons. The van der Waals surface area contributed by atoms with Gasteiger partial charge in [-0.3, -0.25) is 4.79 Å². The molecule has 1 saturated heterocycles. The minimum absolute atomic E-state index is 0.0727. The third kappa shape index (κ3) is 7.25. The van der Waals surface area contributed by atoms with E-state index >= 15 is 0 Å². The first-order valence-corrected chi connectivity index (χ1v) is 8.27. The van der Waals surface area contributed by atoms with Crippen molar-refractivity contribution in [1.29, 1.82) is 0 Å². The number of nitrogens with zero attached hydrogens (tertiary/aromatic N) is 1. The number of aliphatic hydroxyl groups excluding tert-OH is 2. The van der Waals surface area contributed by atoms with Crippen LogP contribution in [0.4, 0.5) is 0 Å². The summed E-state index contributed by atoms with van der Waals surface area (Å²) in [6.45, 7) is 3.33. The van der Waals surface area contributed by atoms with Crippen molar-refractivity contribution in [2.24, 2.45) is 0 Å². The molecule has 1 heterocycles. The van der Waals surface area contributed by atoms with Gasteiger partial charge >= 0.3 is 0 Å². The highest BCUT2D eigenvalue weighted by Gasteiger charge is 2.24. The molecule has 0 radical (unpaired) electrons. The normalized spacial score (nSPS) is 20.4. The van der Waals surface area contributed by atoms with Gasteiger partial charge < -0.3 is 15.1 Å². The second-order valence-electron chi connectivity index (χ2n) is 6.03. The van der Waals surface area contributed by atoms with Gasteiger partial charge in [-0.15, -0.1) is 0 Å². The highest BCUT2D eigenvalue weighted by molar-refractivity contribution is 5.76. The van der Waals surface area contributed by atoms with Gasteiger partial charge in [0.15, 0.2) is 0 Å². The maximum absolute atomic E-state index is 11.8. The first kappa shape index (κ1) is 17.4. The summed E-state index contributed by atoms with van der Waals surface area (Å²) in [6, 6.07) is 0. The molecule has 0 bridgehead atoms. The molecule has 2 N–H and O–H groups in total. The quantitative estimate of drug-likeness (QED) is 0.606. The van der Waals surface area contributed by atoms with Crippen LogP contribution in [0.3, 0.4) is 0 Å². The van der Waals surface area contributed by atoms with Crippen molar-refractivity contribution in [3.05, 3.63) is 0 Å². The number of amides is 1. The molecule has 0 unspecified atom stereocenters. The minimum atomic E-state index is -0.355. The third-order valence-electron chi connectivity index (χ3n) is 4.10. The maximum Gasteiger partial charge on any atom is 0.222 e. The molecular formula is C16H31NO3. The van der Waals surface area contributed by atoms with E-state index in [4.69, 9.17) is 0 Å². The predicted octanol–water partition coefficient (Wildman–Crippen LogP) is 2.47. The lowest BCUT2D eigenvalue weighted by atomic mass is 10.0. The van der Waals surface area contributed by atoms with Gasteiger partial charge in [-0.1, -0.05) is 45.4 Å². The molecule has 4 nitrogen and oxygen atoms in total. The van der Waals surface area contributed by atoms with E-state index in [0.717, 1.165) is 12.8 Å². The zero-order valence-corrected chi connectivity index (χ0v) is 12.9. The number of carbonyl (C=O) groups is 1. The average molecular weight is 285 g/mol. The number of rotatable bonds is 10. The first-order chi connectivity index (χ1) is 9.63. The maximum atomic E-state index is 11.8. The monoisotopic (exact) mass is 285 g/mol. The Bertz CT molecular complexity index is 270. The Morgan fingerprint density at radius 3 is 2.55 bits per heavy atom. The Hall–Kier alpha value is -0.610. The SMILES string of the molecule is CCCCCCCC[C@@H](O)CCC(=O)N1CC[C@@H](O)C1. The largest absolute Gasteiger partial charge is 0.393 e. The Morgan fingerprint density at radius 1 is 1.20 bits per heavy atom. The number of unbranched alkanes of at least 4 members (excludes halogenated alkanes) is 5. The lowest BCUT2D eigenvalue weighted by molar-refractivity contribution is -0.131. The van der Waals surface area contributed by atoms with Gasteiger partial charge in [-0.2, -0.15) is 0 Å². The fourth-order valence-corrected chi connectivity index (χ4v) is 2.72. The first-order valence-electron chi connectivity index (χ1n) is 8.27. The Morgan fingerprint density at radius 2 is 1.90 bits per heavy atom. The van der Waals surface area contributed by atoms with Crippen LogP contribution in [0.2, 0.25) is 0 Å². The van der Waals surface area contributed by atoms with Crippen molar-refractivity contribution in [2.45, 2.75) is 83.3 Å². The summed E-state index contributed by atoms with van der Waals surface area (Å²) >= 11 is 0. The molecule has 0 aromatic rings. The molecule has 0 aliphatic carbocycles. The van der Waals surface area contributed by atoms with E-state index in [1.54, 1.807) is 4.90 Å². The van der Waals surface area contributed by atoms with Crippen LogP contribution in [0.25, 0.3) is 0 Å². The molecule has 0 aromatic carbocycles. The molecular weight excluding hydrogens is 254 g/mol. The topological polar surface area (TPSA) is 60.8 Å². The molecule has 2 atom stereocenters. The van der Waals surface area contributed by atoms with Gasteiger partial charge in [0.25, 0.3) is 0 Å². The number of hydrogen-bond acceptors (Lipinski definition) is 3. The van der Waals surface area contributed by atoms with Gasteiger partial charge in [0.05, 0.1) is 12.2 Å². The number of hydrogen-bond donors (Lipinski definition) is 2. The van der Waals surface area contributed by atoms with Crippen LogP contribution in [-0.4, -0.2) is 46.3 Å². The predicted molar refractivity (Wildman–Crippen MR) is 80.4 cm³/mol. The van der Waals surface area contributed by atoms with Gasteiger partial charge in [-0.25, -0.2) is 0 Å². The minimum Gasteiger partial charge on any atom is -0.393 e. The number of likely N-dealkylation sites (tertiary alicyclic amines) is 1. The van der Waals surface area contributed by atoms with Gasteiger partial charge in [0.2, 0.25) is 5.91 Å². The second kappa shape index (κ2) is 10.2. The standard InChI is InChI=1S/C16H31NO3/c1-2-3-4-5-6-7-8-14(18)9-10-16(20)17-12-11-15(19)13-17/h14-15,18-19H,2-13H2,1H3/t14-,15-/m1/s1. The van der Waals surface area contributed by atoms with Crippen molar-refractivity contribution < 1.29 is 15.0 Å². The highest BCUT2D eigenvalue weighted by Crippen LogP contribution is 2.14. The van der Waals surface area contributed by atoms with Crippen molar-refractivity contribution in [1.82, 2.24) is 4.90 Å². The summed E-state index contributed by atoms with van der Waals surface area (Å²) in [5.74, 6) is 0.0727. The number of β-amino-alcohol motifs (C(OH)–C–C–N with tert-alkyl or cyclic N) is 1. The van der Waals surface area contributed by atoms with Gasteiger partial charge in [0.1, 0.15) is 0 Å². The highest BCUT2D eigenvalue weighted by atomic mass is 16.3. The molecule has 4 heteroatoms. The lowest BCUT2D eigenvalue weighted by Gasteiger charge is -2.17. The average Bonchev–Trinajstić information content (AvgIpc) is 2.86. The van der Waals surface area contributed by atoms with Crippen molar-refractivity contribution >= 4 is 5.91 Å². The van der Waals surface area contributed by atoms with E-state index in [1.165, 1.54) is 32.1 Å². The summed E-state index contributed by atoms with van der Waals surface area (Å²) in [7, 11) is 0. The van der Waals surface area contributed by atoms with Crippen LogP contribution in [-0.2, 0) is 4.79 Å². The summed E-state index contributed by atoms with van der Waals surface area (Å²) in [4.78, 5) is 13.6. The van der Waals surface area contributed by atoms with Crippen molar-refractivity contribution in [3.63, 3.8) is 0 Å². The zero-order chi connectivity index (χ0) is 14.8. The van der Waals surface area contributed by atoms with E-state index in [9.17, 15) is 15.0 Å². The lowest BCUT2D eigenvalue weighted by Crippen LogP contribution is -2.30. The summed E-state index contributed by atoms with van der Waals surface area (Å²) in [6.07, 6.45) is 9.11. The molecule has 1 aliphatic heterocycles. The van der Waals surface area contributed by atoms with E-state index in [-0.39, 0.29) is 18.1 Å². The number of carbonyl (C=O) groups excluding carboxylic acids is 1. The smallest absolute Gasteiger partial charge is 0.222 e. The summed E-state index contributed by atoms with van der Waals surface area (Å²) in [5, 5.41) is 19.3. The van der Waals surface area contributed by atoms with Crippen LogP contribution in [0.15, 0.2) is 0 Å². The summed E-state index contributed by atoms with van der Waals surface area (Å²) < 4.78 is 0. The second-order valence-corrected chi connectivity index (χ2v) is 6.03. The Labute approximate surface area is 123 Å². The van der Waals surface area contributed by atoms with Crippen LogP contribution in [0, 0.1) is 0 Å². The van der Waals surface area contributed by atoms with Crippen molar-refractivity contribution in [3.8, 4) is 0 Å². The van der Waals surface area contributed by atoms with Gasteiger partial charge in [-0.05, 0) is 19.3 Å². The van der Waals surface area contributed by atoms with Gasteiger partial charge in [0, 0.05) is 19.5 Å². The fraction of sp³-hybridized carbons (Fsp3) is 0.938. The van der Waals surface area contributed by atoms with E-state index in [0.29, 0.717) is 32.4 Å². The molecule has 1 rings (SSSR count). The number of aliphatic hydroxyl groups is 2. The summed E-state index contributed by atoms with van der Waals surface area (Å²) in [5.41, 5.74) is 0. The third-order valence-corrected chi connectivity index (χ3v) is 4.10. The van der Waals surface area contributed by atoms with E-state index in [2.05, 4.69) is 6.92 Å². The molecule has 1 amide bonds. The van der Waals surface area contributed by atoms with Crippen LogP contribution in [0.5, 0.6) is 0 Å². The van der Waals surface area contributed by atoms with E-state index in [1.807, 2.05) is 0 Å². The molecule has 0 saturated carbocycles. The molecule has 20 heavy (non-hydrogen) atoms. The van der Waals surface area contributed by atoms with Crippen LogP contribution >= 0.6 is 0 Å². The Balaban J connectivity index is 1.99. The molecule has 1 aliphatic rings. The zero-order valence-electron chi connectivity index (χ0n) is 12.9. The molecule has 1 fully saturated rings. The Kier molecular flexibility index (Phi) is 8.86. The van der Waals surface area contributed by atoms with Crippen molar-refractivity contribution in [2.75, 3.05) is 13.1 Å². The molecule has 0 spiro atoms. The van der Waals surface area contributed by atoms with Crippen LogP contribution < -0.4 is 0 Å². The van der Waals surface area contributed by atoms with Crippen LogP contribution in [0.1, 0.15) is 71.1 Å². The molecule has 0 aromatic heterocycles.